The third-order valence-electron chi connectivity index (χ3n) is 5.85. The van der Waals surface area contributed by atoms with Gasteiger partial charge in [0, 0.05) is 46.3 Å². The number of ether oxygens (including phenoxy) is 1. The van der Waals surface area contributed by atoms with Crippen LogP contribution < -0.4 is 5.32 Å². The average molecular weight is 405 g/mol. The fourth-order valence-electron chi connectivity index (χ4n) is 4.07. The Bertz CT molecular complexity index is 854. The van der Waals surface area contributed by atoms with Gasteiger partial charge in [0.25, 0.3) is 0 Å². The number of nitrogens with one attached hydrogen (secondary N) is 1. The van der Waals surface area contributed by atoms with Crippen LogP contribution in [0.4, 0.5) is 0 Å². The van der Waals surface area contributed by atoms with E-state index in [1.54, 1.807) is 0 Å². The van der Waals surface area contributed by atoms with E-state index in [0.717, 1.165) is 64.9 Å². The number of hydrogen-bond acceptors (Lipinski definition) is 3. The van der Waals surface area contributed by atoms with Gasteiger partial charge in [-0.3, -0.25) is 9.89 Å². The molecule has 30 heavy (non-hydrogen) atoms. The van der Waals surface area contributed by atoms with Crippen molar-refractivity contribution in [2.75, 3.05) is 46.4 Å². The highest BCUT2D eigenvalue weighted by molar-refractivity contribution is 5.81. The predicted octanol–water partition coefficient (Wildman–Crippen LogP) is 3.38. The van der Waals surface area contributed by atoms with Crippen molar-refractivity contribution in [2.45, 2.75) is 19.5 Å². The van der Waals surface area contributed by atoms with Crippen LogP contribution in [0.5, 0.6) is 0 Å². The minimum absolute atomic E-state index is 0.788. The number of hydrogen-bond donors (Lipinski definition) is 1. The van der Waals surface area contributed by atoms with E-state index in [1.807, 2.05) is 7.05 Å². The standard InChI is InChI=1S/C25H32N4O/c1-26-25(29-13-11-24(12-14-29)23-5-3-2-4-6-23)27-19-21-7-9-22(10-8-21)20-28-15-17-30-18-16-28/h2-11H,12-20H2,1H3,(H,26,27). The quantitative estimate of drug-likeness (QED) is 0.613. The molecule has 0 saturated carbocycles. The molecule has 0 spiro atoms. The van der Waals surface area contributed by atoms with Crippen molar-refractivity contribution in [3.05, 3.63) is 77.4 Å². The van der Waals surface area contributed by atoms with Crippen molar-refractivity contribution in [1.82, 2.24) is 15.1 Å². The molecule has 2 aliphatic heterocycles. The monoisotopic (exact) mass is 404 g/mol. The first-order valence-electron chi connectivity index (χ1n) is 10.9. The van der Waals surface area contributed by atoms with Crippen molar-refractivity contribution in [3.8, 4) is 0 Å². The molecule has 0 radical (unpaired) electrons. The van der Waals surface area contributed by atoms with Crippen molar-refractivity contribution in [1.29, 1.82) is 0 Å². The topological polar surface area (TPSA) is 40.1 Å². The molecule has 0 aliphatic carbocycles. The third-order valence-corrected chi connectivity index (χ3v) is 5.85. The molecule has 1 saturated heterocycles. The number of aliphatic imine (C=N–C) groups is 1. The van der Waals surface area contributed by atoms with Crippen LogP contribution in [0.3, 0.4) is 0 Å². The van der Waals surface area contributed by atoms with Crippen molar-refractivity contribution in [2.24, 2.45) is 4.99 Å². The van der Waals surface area contributed by atoms with E-state index in [-0.39, 0.29) is 0 Å². The molecule has 2 heterocycles. The minimum atomic E-state index is 0.788. The fourth-order valence-corrected chi connectivity index (χ4v) is 4.07. The van der Waals surface area contributed by atoms with Crippen molar-refractivity contribution in [3.63, 3.8) is 0 Å². The van der Waals surface area contributed by atoms with Crippen LogP contribution in [-0.2, 0) is 17.8 Å². The zero-order chi connectivity index (χ0) is 20.6. The highest BCUT2D eigenvalue weighted by Crippen LogP contribution is 2.22. The molecule has 4 rings (SSSR count). The summed E-state index contributed by atoms with van der Waals surface area (Å²) in [5.74, 6) is 0.968. The van der Waals surface area contributed by atoms with Gasteiger partial charge in [0.15, 0.2) is 5.96 Å². The summed E-state index contributed by atoms with van der Waals surface area (Å²) in [5.41, 5.74) is 5.40. The first kappa shape index (κ1) is 20.6. The molecular formula is C25H32N4O. The van der Waals surface area contributed by atoms with Crippen molar-refractivity contribution < 1.29 is 4.74 Å². The number of morpholine rings is 1. The summed E-state index contributed by atoms with van der Waals surface area (Å²) in [5, 5.41) is 3.53. The van der Waals surface area contributed by atoms with Gasteiger partial charge in [0.1, 0.15) is 0 Å². The Kier molecular flexibility index (Phi) is 7.16. The van der Waals surface area contributed by atoms with Gasteiger partial charge in [-0.2, -0.15) is 0 Å². The van der Waals surface area contributed by atoms with Crippen LogP contribution in [0, 0.1) is 0 Å². The van der Waals surface area contributed by atoms with Crippen LogP contribution >= 0.6 is 0 Å². The van der Waals surface area contributed by atoms with Gasteiger partial charge in [-0.05, 0) is 28.7 Å². The Morgan fingerprint density at radius 2 is 1.70 bits per heavy atom. The lowest BCUT2D eigenvalue weighted by molar-refractivity contribution is 0.0342. The molecule has 2 aromatic carbocycles. The molecule has 2 aromatic rings. The fraction of sp³-hybridized carbons (Fsp3) is 0.400. The van der Waals surface area contributed by atoms with Crippen LogP contribution in [0.25, 0.3) is 5.57 Å². The van der Waals surface area contributed by atoms with Gasteiger partial charge in [-0.1, -0.05) is 60.7 Å². The molecule has 5 heteroatoms. The molecule has 158 valence electrons. The van der Waals surface area contributed by atoms with Crippen LogP contribution in [-0.4, -0.2) is 62.2 Å². The van der Waals surface area contributed by atoms with Crippen LogP contribution in [0.1, 0.15) is 23.1 Å². The van der Waals surface area contributed by atoms with E-state index in [0.29, 0.717) is 0 Å². The summed E-state index contributed by atoms with van der Waals surface area (Å²) in [7, 11) is 1.87. The van der Waals surface area contributed by atoms with Crippen LogP contribution in [0.2, 0.25) is 0 Å². The summed E-state index contributed by atoms with van der Waals surface area (Å²) < 4.78 is 5.43. The summed E-state index contributed by atoms with van der Waals surface area (Å²) in [6.07, 6.45) is 3.37. The second kappa shape index (κ2) is 10.4. The first-order chi connectivity index (χ1) is 14.8. The molecule has 1 fully saturated rings. The van der Waals surface area contributed by atoms with Gasteiger partial charge in [0.2, 0.25) is 0 Å². The highest BCUT2D eigenvalue weighted by atomic mass is 16.5. The Morgan fingerprint density at radius 1 is 0.967 bits per heavy atom. The number of nitrogens with zero attached hydrogens (tertiary/aromatic N) is 3. The first-order valence-corrected chi connectivity index (χ1v) is 10.9. The zero-order valence-electron chi connectivity index (χ0n) is 17.9. The Balaban J connectivity index is 1.28. The lowest BCUT2D eigenvalue weighted by Crippen LogP contribution is -2.43. The summed E-state index contributed by atoms with van der Waals surface area (Å²) >= 11 is 0. The molecule has 0 aromatic heterocycles. The van der Waals surface area contributed by atoms with Crippen molar-refractivity contribution >= 4 is 11.5 Å². The Hall–Kier alpha value is -2.63. The second-order valence-corrected chi connectivity index (χ2v) is 7.90. The predicted molar refractivity (Wildman–Crippen MR) is 123 cm³/mol. The number of benzene rings is 2. The molecule has 1 N–H and O–H groups in total. The second-order valence-electron chi connectivity index (χ2n) is 7.90. The molecule has 0 bridgehead atoms. The number of guanidine groups is 1. The van der Waals surface area contributed by atoms with Gasteiger partial charge < -0.3 is 15.0 Å². The zero-order valence-corrected chi connectivity index (χ0v) is 17.9. The van der Waals surface area contributed by atoms with E-state index >= 15 is 0 Å². The van der Waals surface area contributed by atoms with Crippen LogP contribution in [0.15, 0.2) is 65.7 Å². The Labute approximate surface area is 180 Å². The Morgan fingerprint density at radius 3 is 2.37 bits per heavy atom. The normalized spacial score (nSPS) is 18.2. The van der Waals surface area contributed by atoms with Gasteiger partial charge in [-0.25, -0.2) is 0 Å². The highest BCUT2D eigenvalue weighted by Gasteiger charge is 2.16. The summed E-state index contributed by atoms with van der Waals surface area (Å²) in [4.78, 5) is 9.27. The van der Waals surface area contributed by atoms with E-state index in [1.165, 1.54) is 22.3 Å². The number of rotatable bonds is 5. The maximum absolute atomic E-state index is 5.43. The molecule has 0 unspecified atom stereocenters. The molecule has 5 nitrogen and oxygen atoms in total. The summed E-state index contributed by atoms with van der Waals surface area (Å²) in [6, 6.07) is 19.6. The lowest BCUT2D eigenvalue weighted by atomic mass is 10.00. The van der Waals surface area contributed by atoms with E-state index in [4.69, 9.17) is 4.74 Å². The minimum Gasteiger partial charge on any atom is -0.379 e. The largest absolute Gasteiger partial charge is 0.379 e. The molecular weight excluding hydrogens is 372 g/mol. The lowest BCUT2D eigenvalue weighted by Gasteiger charge is -2.30. The average Bonchev–Trinajstić information content (AvgIpc) is 2.82. The van der Waals surface area contributed by atoms with Gasteiger partial charge in [-0.15, -0.1) is 0 Å². The van der Waals surface area contributed by atoms with E-state index in [9.17, 15) is 0 Å². The third kappa shape index (κ3) is 5.49. The SMILES string of the molecule is CN=C(NCc1ccc(CN2CCOCC2)cc1)N1CC=C(c2ccccc2)CC1. The van der Waals surface area contributed by atoms with E-state index in [2.05, 4.69) is 80.8 Å². The smallest absolute Gasteiger partial charge is 0.194 e. The molecule has 2 aliphatic rings. The molecule has 0 atom stereocenters. The maximum atomic E-state index is 5.43. The van der Waals surface area contributed by atoms with E-state index < -0.39 is 0 Å². The van der Waals surface area contributed by atoms with Gasteiger partial charge in [0.05, 0.1) is 13.2 Å². The maximum Gasteiger partial charge on any atom is 0.194 e. The van der Waals surface area contributed by atoms with Gasteiger partial charge >= 0.3 is 0 Å². The molecule has 0 amide bonds. The summed E-state index contributed by atoms with van der Waals surface area (Å²) in [6.45, 7) is 7.41.